The summed E-state index contributed by atoms with van der Waals surface area (Å²) in [5.74, 6) is -1.91. The van der Waals surface area contributed by atoms with Gasteiger partial charge in [-0.25, -0.2) is 4.39 Å². The third-order valence-electron chi connectivity index (χ3n) is 5.47. The standard InChI is InChI=1S/C19H22FNO4/c20-14-5-3-13(4-6-14)19(25)11-7-15(8-12-19)21-16(22)18(17(23)24)9-1-2-10-18/h1-6,15,25H,7-12H2,(H,21,22)(H,23,24). The highest BCUT2D eigenvalue weighted by molar-refractivity contribution is 6.02. The molecule has 1 saturated carbocycles. The van der Waals surface area contributed by atoms with E-state index in [4.69, 9.17) is 0 Å². The van der Waals surface area contributed by atoms with E-state index in [0.717, 1.165) is 0 Å². The van der Waals surface area contributed by atoms with Crippen molar-refractivity contribution in [2.45, 2.75) is 50.2 Å². The van der Waals surface area contributed by atoms with Crippen LogP contribution in [0, 0.1) is 11.2 Å². The molecule has 0 aliphatic heterocycles. The molecule has 0 atom stereocenters. The number of carbonyl (C=O) groups excluding carboxylic acids is 1. The average molecular weight is 347 g/mol. The van der Waals surface area contributed by atoms with Crippen LogP contribution in [0.1, 0.15) is 44.1 Å². The minimum Gasteiger partial charge on any atom is -0.480 e. The zero-order valence-corrected chi connectivity index (χ0v) is 13.9. The summed E-state index contributed by atoms with van der Waals surface area (Å²) in [6.07, 6.45) is 5.82. The Morgan fingerprint density at radius 2 is 1.64 bits per heavy atom. The van der Waals surface area contributed by atoms with Gasteiger partial charge in [-0.2, -0.15) is 0 Å². The zero-order valence-electron chi connectivity index (χ0n) is 13.9. The number of halogens is 1. The van der Waals surface area contributed by atoms with E-state index in [-0.39, 0.29) is 24.7 Å². The van der Waals surface area contributed by atoms with Crippen LogP contribution >= 0.6 is 0 Å². The molecule has 0 unspecified atom stereocenters. The van der Waals surface area contributed by atoms with Gasteiger partial charge in [-0.1, -0.05) is 24.3 Å². The third-order valence-corrected chi connectivity index (χ3v) is 5.47. The molecular weight excluding hydrogens is 325 g/mol. The maximum atomic E-state index is 13.1. The highest BCUT2D eigenvalue weighted by Crippen LogP contribution is 2.38. The van der Waals surface area contributed by atoms with Gasteiger partial charge in [-0.3, -0.25) is 9.59 Å². The van der Waals surface area contributed by atoms with Crippen molar-refractivity contribution in [1.29, 1.82) is 0 Å². The smallest absolute Gasteiger partial charge is 0.319 e. The molecule has 3 N–H and O–H groups in total. The number of carbonyl (C=O) groups is 2. The summed E-state index contributed by atoms with van der Waals surface area (Å²) in [6.45, 7) is 0. The molecule has 134 valence electrons. The Labute approximate surface area is 145 Å². The molecule has 2 aliphatic carbocycles. The quantitative estimate of drug-likeness (QED) is 0.577. The molecule has 1 fully saturated rings. The molecule has 0 saturated heterocycles. The summed E-state index contributed by atoms with van der Waals surface area (Å²) in [7, 11) is 0. The van der Waals surface area contributed by atoms with E-state index < -0.39 is 22.9 Å². The number of carboxylic acids is 1. The Balaban J connectivity index is 1.62. The molecular formula is C19H22FNO4. The maximum absolute atomic E-state index is 13.1. The first kappa shape index (κ1) is 17.6. The Hall–Kier alpha value is -2.21. The molecule has 0 bridgehead atoms. The van der Waals surface area contributed by atoms with Gasteiger partial charge in [-0.15, -0.1) is 0 Å². The van der Waals surface area contributed by atoms with Gasteiger partial charge < -0.3 is 15.5 Å². The largest absolute Gasteiger partial charge is 0.480 e. The molecule has 0 aromatic heterocycles. The van der Waals surface area contributed by atoms with E-state index >= 15 is 0 Å². The lowest BCUT2D eigenvalue weighted by Gasteiger charge is -2.37. The number of aliphatic hydroxyl groups is 1. The van der Waals surface area contributed by atoms with Crippen LogP contribution in [0.2, 0.25) is 0 Å². The molecule has 2 aliphatic rings. The minimum absolute atomic E-state index is 0.162. The maximum Gasteiger partial charge on any atom is 0.319 e. The van der Waals surface area contributed by atoms with Gasteiger partial charge in [0.1, 0.15) is 5.82 Å². The summed E-state index contributed by atoms with van der Waals surface area (Å²) < 4.78 is 13.1. The van der Waals surface area contributed by atoms with Crippen molar-refractivity contribution in [3.05, 3.63) is 47.8 Å². The number of allylic oxidation sites excluding steroid dienone is 2. The van der Waals surface area contributed by atoms with E-state index in [0.29, 0.717) is 31.2 Å². The second-order valence-electron chi connectivity index (χ2n) is 7.05. The predicted octanol–water partition coefficient (Wildman–Crippen LogP) is 2.49. The van der Waals surface area contributed by atoms with Crippen LogP contribution in [0.15, 0.2) is 36.4 Å². The van der Waals surface area contributed by atoms with Gasteiger partial charge in [0.15, 0.2) is 5.41 Å². The fraction of sp³-hybridized carbons (Fsp3) is 0.474. The van der Waals surface area contributed by atoms with Crippen LogP contribution < -0.4 is 5.32 Å². The molecule has 25 heavy (non-hydrogen) atoms. The van der Waals surface area contributed by atoms with Crippen LogP contribution in [0.4, 0.5) is 4.39 Å². The van der Waals surface area contributed by atoms with E-state index in [1.165, 1.54) is 12.1 Å². The number of aliphatic carboxylic acids is 1. The normalized spacial score (nSPS) is 27.8. The second-order valence-corrected chi connectivity index (χ2v) is 7.05. The van der Waals surface area contributed by atoms with E-state index in [2.05, 4.69) is 5.32 Å². The van der Waals surface area contributed by atoms with Gasteiger partial charge >= 0.3 is 5.97 Å². The highest BCUT2D eigenvalue weighted by Gasteiger charge is 2.47. The number of carboxylic acid groups (broad SMARTS) is 1. The molecule has 0 heterocycles. The number of hydrogen-bond donors (Lipinski definition) is 3. The lowest BCUT2D eigenvalue weighted by molar-refractivity contribution is -0.155. The van der Waals surface area contributed by atoms with Crippen molar-refractivity contribution >= 4 is 11.9 Å². The fourth-order valence-corrected chi connectivity index (χ4v) is 3.72. The first-order chi connectivity index (χ1) is 11.9. The number of hydrogen-bond acceptors (Lipinski definition) is 3. The number of benzene rings is 1. The predicted molar refractivity (Wildman–Crippen MR) is 89.1 cm³/mol. The first-order valence-electron chi connectivity index (χ1n) is 8.54. The lowest BCUT2D eigenvalue weighted by atomic mass is 9.77. The first-order valence-corrected chi connectivity index (χ1v) is 8.54. The second kappa shape index (κ2) is 6.59. The van der Waals surface area contributed by atoms with Gasteiger partial charge in [0, 0.05) is 6.04 Å². The highest BCUT2D eigenvalue weighted by atomic mass is 19.1. The Morgan fingerprint density at radius 3 is 2.16 bits per heavy atom. The fourth-order valence-electron chi connectivity index (χ4n) is 3.72. The molecule has 0 spiro atoms. The van der Waals surface area contributed by atoms with E-state index in [1.54, 1.807) is 24.3 Å². The molecule has 3 rings (SSSR count). The average Bonchev–Trinajstić information content (AvgIpc) is 3.09. The van der Waals surface area contributed by atoms with Gasteiger partial charge in [0.2, 0.25) is 5.91 Å². The van der Waals surface area contributed by atoms with Crippen molar-refractivity contribution < 1.29 is 24.2 Å². The summed E-state index contributed by atoms with van der Waals surface area (Å²) >= 11 is 0. The van der Waals surface area contributed by atoms with Crippen LogP contribution in [-0.4, -0.2) is 28.1 Å². The molecule has 1 amide bonds. The monoisotopic (exact) mass is 347 g/mol. The topological polar surface area (TPSA) is 86.6 Å². The van der Waals surface area contributed by atoms with E-state index in [9.17, 15) is 24.2 Å². The minimum atomic E-state index is -1.40. The molecule has 1 aromatic carbocycles. The van der Waals surface area contributed by atoms with Crippen molar-refractivity contribution in [2.24, 2.45) is 5.41 Å². The number of nitrogens with one attached hydrogen (secondary N) is 1. The summed E-state index contributed by atoms with van der Waals surface area (Å²) in [5, 5.41) is 23.1. The van der Waals surface area contributed by atoms with Crippen LogP contribution in [0.3, 0.4) is 0 Å². The Morgan fingerprint density at radius 1 is 1.08 bits per heavy atom. The summed E-state index contributed by atoms with van der Waals surface area (Å²) in [5.41, 5.74) is -1.76. The number of amides is 1. The van der Waals surface area contributed by atoms with Crippen molar-refractivity contribution in [3.63, 3.8) is 0 Å². The third kappa shape index (κ3) is 3.31. The van der Waals surface area contributed by atoms with Crippen LogP contribution in [-0.2, 0) is 15.2 Å². The molecule has 5 nitrogen and oxygen atoms in total. The summed E-state index contributed by atoms with van der Waals surface area (Å²) in [6, 6.07) is 5.65. The van der Waals surface area contributed by atoms with Crippen LogP contribution in [0.25, 0.3) is 0 Å². The molecule has 0 radical (unpaired) electrons. The SMILES string of the molecule is O=C(O)C1(C(=O)NC2CCC(O)(c3ccc(F)cc3)CC2)CC=CC1. The van der Waals surface area contributed by atoms with Crippen molar-refractivity contribution in [1.82, 2.24) is 5.32 Å². The number of rotatable bonds is 4. The van der Waals surface area contributed by atoms with Crippen LogP contribution in [0.5, 0.6) is 0 Å². The van der Waals surface area contributed by atoms with Gasteiger partial charge in [0.25, 0.3) is 0 Å². The van der Waals surface area contributed by atoms with Crippen molar-refractivity contribution in [2.75, 3.05) is 0 Å². The Bertz CT molecular complexity index is 682. The van der Waals surface area contributed by atoms with Crippen molar-refractivity contribution in [3.8, 4) is 0 Å². The van der Waals surface area contributed by atoms with Gasteiger partial charge in [-0.05, 0) is 56.2 Å². The van der Waals surface area contributed by atoms with E-state index in [1.807, 2.05) is 0 Å². The van der Waals surface area contributed by atoms with Gasteiger partial charge in [0.05, 0.1) is 5.60 Å². The zero-order chi connectivity index (χ0) is 18.1. The Kier molecular flexibility index (Phi) is 4.64. The molecule has 1 aromatic rings. The lowest BCUT2D eigenvalue weighted by Crippen LogP contribution is -2.50. The molecule has 6 heteroatoms. The summed E-state index contributed by atoms with van der Waals surface area (Å²) in [4.78, 5) is 24.1.